The van der Waals surface area contributed by atoms with Crippen molar-refractivity contribution < 1.29 is 9.53 Å². The highest BCUT2D eigenvalue weighted by Crippen LogP contribution is 2.18. The predicted molar refractivity (Wildman–Crippen MR) is 82.8 cm³/mol. The second-order valence-corrected chi connectivity index (χ2v) is 4.83. The summed E-state index contributed by atoms with van der Waals surface area (Å²) in [6, 6.07) is 7.38. The van der Waals surface area contributed by atoms with Crippen molar-refractivity contribution in [3.05, 3.63) is 29.8 Å². The van der Waals surface area contributed by atoms with Gasteiger partial charge in [-0.3, -0.25) is 4.79 Å². The monoisotopic (exact) mass is 298 g/mol. The number of benzene rings is 1. The number of rotatable bonds is 6. The van der Waals surface area contributed by atoms with E-state index in [2.05, 4.69) is 10.6 Å². The number of carbonyl (C=O) groups is 1. The van der Waals surface area contributed by atoms with Crippen molar-refractivity contribution in [1.82, 2.24) is 10.6 Å². The van der Waals surface area contributed by atoms with E-state index in [0.29, 0.717) is 23.8 Å². The molecule has 1 fully saturated rings. The highest BCUT2D eigenvalue weighted by Gasteiger charge is 2.15. The van der Waals surface area contributed by atoms with Crippen LogP contribution >= 0.6 is 12.4 Å². The molecule has 1 aromatic rings. The topological polar surface area (TPSA) is 50.4 Å². The lowest BCUT2D eigenvalue weighted by Gasteiger charge is -2.12. The lowest BCUT2D eigenvalue weighted by molar-refractivity contribution is 0.0948. The van der Waals surface area contributed by atoms with Crippen LogP contribution in [0.4, 0.5) is 0 Å². The Balaban J connectivity index is 0.00000200. The largest absolute Gasteiger partial charge is 0.493 e. The number of nitrogens with one attached hydrogen (secondary N) is 2. The first kappa shape index (κ1) is 16.8. The molecule has 1 aliphatic rings. The molecule has 1 atom stereocenters. The smallest absolute Gasteiger partial charge is 0.255 e. The molecule has 0 saturated carbocycles. The molecule has 1 amide bonds. The zero-order chi connectivity index (χ0) is 13.5. The molecule has 1 heterocycles. The molecule has 1 unspecified atom stereocenters. The number of ether oxygens (including phenoxy) is 1. The molecule has 1 aromatic carbocycles. The highest BCUT2D eigenvalue weighted by molar-refractivity contribution is 5.96. The Bertz CT molecular complexity index is 420. The van der Waals surface area contributed by atoms with Gasteiger partial charge in [0.2, 0.25) is 0 Å². The van der Waals surface area contributed by atoms with Crippen LogP contribution in [0.1, 0.15) is 30.1 Å². The van der Waals surface area contributed by atoms with E-state index in [9.17, 15) is 4.79 Å². The summed E-state index contributed by atoms with van der Waals surface area (Å²) < 4.78 is 5.47. The van der Waals surface area contributed by atoms with Crippen LogP contribution in [-0.4, -0.2) is 32.1 Å². The first-order valence-corrected chi connectivity index (χ1v) is 7.02. The van der Waals surface area contributed by atoms with Gasteiger partial charge in [-0.25, -0.2) is 0 Å². The zero-order valence-electron chi connectivity index (χ0n) is 11.9. The summed E-state index contributed by atoms with van der Waals surface area (Å²) in [5.41, 5.74) is 0.619. The van der Waals surface area contributed by atoms with E-state index in [1.165, 1.54) is 6.42 Å². The predicted octanol–water partition coefficient (Wildman–Crippen LogP) is 2.24. The van der Waals surface area contributed by atoms with Crippen LogP contribution in [0.25, 0.3) is 0 Å². The molecule has 20 heavy (non-hydrogen) atoms. The van der Waals surface area contributed by atoms with Gasteiger partial charge in [-0.05, 0) is 50.9 Å². The van der Waals surface area contributed by atoms with Crippen molar-refractivity contribution in [1.29, 1.82) is 0 Å². The number of halogens is 1. The minimum absolute atomic E-state index is 0. The van der Waals surface area contributed by atoms with Gasteiger partial charge in [0.1, 0.15) is 5.75 Å². The number of hydrogen-bond acceptors (Lipinski definition) is 3. The fourth-order valence-electron chi connectivity index (χ4n) is 2.38. The molecule has 2 N–H and O–H groups in total. The van der Waals surface area contributed by atoms with E-state index < -0.39 is 0 Å². The molecule has 0 bridgehead atoms. The van der Waals surface area contributed by atoms with E-state index in [4.69, 9.17) is 4.74 Å². The maximum Gasteiger partial charge on any atom is 0.255 e. The summed E-state index contributed by atoms with van der Waals surface area (Å²) in [5.74, 6) is 1.31. The lowest BCUT2D eigenvalue weighted by Crippen LogP contribution is -2.26. The summed E-state index contributed by atoms with van der Waals surface area (Å²) in [6.45, 7) is 5.39. The Labute approximate surface area is 126 Å². The first-order valence-electron chi connectivity index (χ1n) is 7.02. The Morgan fingerprint density at radius 2 is 2.25 bits per heavy atom. The van der Waals surface area contributed by atoms with E-state index in [0.717, 1.165) is 26.1 Å². The van der Waals surface area contributed by atoms with Crippen molar-refractivity contribution >= 4 is 18.3 Å². The van der Waals surface area contributed by atoms with Gasteiger partial charge in [-0.2, -0.15) is 0 Å². The molecule has 4 nitrogen and oxygen atoms in total. The van der Waals surface area contributed by atoms with Crippen LogP contribution in [0, 0.1) is 5.92 Å². The normalized spacial score (nSPS) is 17.4. The van der Waals surface area contributed by atoms with Crippen LogP contribution in [0.3, 0.4) is 0 Å². The summed E-state index contributed by atoms with van der Waals surface area (Å²) in [5, 5.41) is 6.31. The Morgan fingerprint density at radius 1 is 1.45 bits per heavy atom. The van der Waals surface area contributed by atoms with Crippen molar-refractivity contribution in [3.63, 3.8) is 0 Å². The third-order valence-corrected chi connectivity index (χ3v) is 3.43. The van der Waals surface area contributed by atoms with Gasteiger partial charge in [0.15, 0.2) is 0 Å². The Kier molecular flexibility index (Phi) is 7.41. The molecule has 0 spiro atoms. The molecular formula is C15H23ClN2O2. The first-order chi connectivity index (χ1) is 9.31. The molecule has 1 saturated heterocycles. The van der Waals surface area contributed by atoms with Gasteiger partial charge in [0.05, 0.1) is 12.2 Å². The summed E-state index contributed by atoms with van der Waals surface area (Å²) >= 11 is 0. The fraction of sp³-hybridized carbons (Fsp3) is 0.533. The number of para-hydroxylation sites is 1. The summed E-state index contributed by atoms with van der Waals surface area (Å²) in [4.78, 5) is 12.1. The van der Waals surface area contributed by atoms with Gasteiger partial charge >= 0.3 is 0 Å². The average Bonchev–Trinajstić information content (AvgIpc) is 2.93. The molecule has 2 rings (SSSR count). The maximum absolute atomic E-state index is 12.1. The standard InChI is InChI=1S/C15H22N2O2.ClH/c1-2-19-14-6-4-3-5-13(14)15(18)17-10-8-12-7-9-16-11-12;/h3-6,12,16H,2,7-11H2,1H3,(H,17,18);1H. The summed E-state index contributed by atoms with van der Waals surface area (Å²) in [6.07, 6.45) is 2.25. The minimum atomic E-state index is -0.0463. The van der Waals surface area contributed by atoms with Crippen LogP contribution in [0.15, 0.2) is 24.3 Å². The quantitative estimate of drug-likeness (QED) is 0.847. The van der Waals surface area contributed by atoms with Gasteiger partial charge in [-0.15, -0.1) is 12.4 Å². The van der Waals surface area contributed by atoms with E-state index >= 15 is 0 Å². The van der Waals surface area contributed by atoms with Gasteiger partial charge in [-0.1, -0.05) is 12.1 Å². The fourth-order valence-corrected chi connectivity index (χ4v) is 2.38. The molecule has 5 heteroatoms. The van der Waals surface area contributed by atoms with E-state index in [-0.39, 0.29) is 18.3 Å². The van der Waals surface area contributed by atoms with E-state index in [1.54, 1.807) is 6.07 Å². The summed E-state index contributed by atoms with van der Waals surface area (Å²) in [7, 11) is 0. The molecule has 0 aromatic heterocycles. The lowest BCUT2D eigenvalue weighted by atomic mass is 10.1. The van der Waals surface area contributed by atoms with Crippen LogP contribution in [0.2, 0.25) is 0 Å². The van der Waals surface area contributed by atoms with Gasteiger partial charge in [0, 0.05) is 6.54 Å². The third-order valence-electron chi connectivity index (χ3n) is 3.43. The molecule has 0 aliphatic carbocycles. The molecular weight excluding hydrogens is 276 g/mol. The van der Waals surface area contributed by atoms with Crippen molar-refractivity contribution in [2.45, 2.75) is 19.8 Å². The third kappa shape index (κ3) is 4.69. The SMILES string of the molecule is CCOc1ccccc1C(=O)NCCC1CCNC1.Cl. The van der Waals surface area contributed by atoms with Crippen LogP contribution in [-0.2, 0) is 0 Å². The Morgan fingerprint density at radius 3 is 2.95 bits per heavy atom. The van der Waals surface area contributed by atoms with Crippen LogP contribution in [0.5, 0.6) is 5.75 Å². The second kappa shape index (κ2) is 8.82. The molecule has 0 radical (unpaired) electrons. The second-order valence-electron chi connectivity index (χ2n) is 4.83. The number of carbonyl (C=O) groups excluding carboxylic acids is 1. The number of hydrogen-bond donors (Lipinski definition) is 2. The van der Waals surface area contributed by atoms with E-state index in [1.807, 2.05) is 25.1 Å². The van der Waals surface area contributed by atoms with Gasteiger partial charge < -0.3 is 15.4 Å². The molecule has 112 valence electrons. The van der Waals surface area contributed by atoms with Crippen molar-refractivity contribution in [2.24, 2.45) is 5.92 Å². The average molecular weight is 299 g/mol. The van der Waals surface area contributed by atoms with Crippen molar-refractivity contribution in [2.75, 3.05) is 26.2 Å². The number of amides is 1. The molecule has 1 aliphatic heterocycles. The minimum Gasteiger partial charge on any atom is -0.493 e. The maximum atomic E-state index is 12.1. The highest BCUT2D eigenvalue weighted by atomic mass is 35.5. The van der Waals surface area contributed by atoms with Gasteiger partial charge in [0.25, 0.3) is 5.91 Å². The van der Waals surface area contributed by atoms with Crippen molar-refractivity contribution in [3.8, 4) is 5.75 Å². The van der Waals surface area contributed by atoms with Crippen LogP contribution < -0.4 is 15.4 Å². The Hall–Kier alpha value is -1.26. The zero-order valence-corrected chi connectivity index (χ0v) is 12.7.